The Morgan fingerprint density at radius 2 is 0.714 bits per heavy atom. The molecule has 3 aromatic carbocycles. The van der Waals surface area contributed by atoms with Crippen molar-refractivity contribution in [2.24, 2.45) is 0 Å². The first kappa shape index (κ1) is 28.7. The van der Waals surface area contributed by atoms with E-state index in [2.05, 4.69) is 132 Å². The van der Waals surface area contributed by atoms with Gasteiger partial charge in [-0.15, -0.1) is 0 Å². The summed E-state index contributed by atoms with van der Waals surface area (Å²) in [5, 5.41) is 0. The molecule has 0 aliphatic rings. The molecule has 3 nitrogen and oxygen atoms in total. The monoisotopic (exact) mass is 754 g/mol. The van der Waals surface area contributed by atoms with Gasteiger partial charge in [-0.25, -0.2) is 0 Å². The summed E-state index contributed by atoms with van der Waals surface area (Å²) in [7, 11) is 0. The average molecular weight is 753 g/mol. The van der Waals surface area contributed by atoms with E-state index in [4.69, 9.17) is 8.56 Å². The predicted octanol–water partition coefficient (Wildman–Crippen LogP) is 8.22. The normalized spacial score (nSPS) is 13.1. The third-order valence-electron chi connectivity index (χ3n) is 6.48. The molecule has 0 aliphatic heterocycles. The second-order valence-corrected chi connectivity index (χ2v) is 28.5. The van der Waals surface area contributed by atoms with Crippen LogP contribution in [0.25, 0.3) is 0 Å². The summed E-state index contributed by atoms with van der Waals surface area (Å²) in [5.41, 5.74) is 3.32. The first-order valence-corrected chi connectivity index (χ1v) is 26.8. The van der Waals surface area contributed by atoms with Gasteiger partial charge >= 0.3 is 229 Å². The Kier molecular flexibility index (Phi) is 9.94. The van der Waals surface area contributed by atoms with E-state index >= 15 is 0 Å². The van der Waals surface area contributed by atoms with Gasteiger partial charge in [0.2, 0.25) is 0 Å². The Morgan fingerprint density at radius 1 is 0.486 bits per heavy atom. The van der Waals surface area contributed by atoms with Gasteiger partial charge in [-0.1, -0.05) is 0 Å². The molecular weight excluding hydrogens is 714 g/mol. The van der Waals surface area contributed by atoms with E-state index in [1.54, 1.807) is 0 Å². The van der Waals surface area contributed by atoms with Crippen molar-refractivity contribution >= 4 is 18.1 Å². The van der Waals surface area contributed by atoms with Gasteiger partial charge in [0.1, 0.15) is 0 Å². The number of hydrogen-bond donors (Lipinski definition) is 0. The first-order valence-electron chi connectivity index (χ1n) is 12.2. The van der Waals surface area contributed by atoms with Gasteiger partial charge in [0.15, 0.2) is 0 Å². The summed E-state index contributed by atoms with van der Waals surface area (Å²) in [6, 6.07) is 31.6. The van der Waals surface area contributed by atoms with E-state index < -0.39 is 17.1 Å². The van der Waals surface area contributed by atoms with Crippen LogP contribution in [0.1, 0.15) is 58.2 Å². The predicted molar refractivity (Wildman–Crippen MR) is 150 cm³/mol. The second-order valence-electron chi connectivity index (χ2n) is 11.1. The summed E-state index contributed by atoms with van der Waals surface area (Å²) in [6.45, 7) is 15.0. The number of rotatable bonds is 12. The van der Waals surface area contributed by atoms with Crippen molar-refractivity contribution in [3.05, 3.63) is 108 Å². The quantitative estimate of drug-likeness (QED) is 0.138. The molecule has 0 amide bonds. The van der Waals surface area contributed by atoms with Crippen LogP contribution in [-0.2, 0) is 41.9 Å². The van der Waals surface area contributed by atoms with Crippen LogP contribution in [0.5, 0.6) is 0 Å². The maximum absolute atomic E-state index is 6.68. The molecule has 188 valence electrons. The second kappa shape index (κ2) is 12.1. The summed E-state index contributed by atoms with van der Waals surface area (Å²) in [6.07, 6.45) is 0. The Hall–Kier alpha value is -0.860. The average Bonchev–Trinajstić information content (AvgIpc) is 2.87. The van der Waals surface area contributed by atoms with E-state index in [9.17, 15) is 0 Å². The number of hydrogen-bond acceptors (Lipinski definition) is 3. The Balaban J connectivity index is 1.77. The van der Waals surface area contributed by atoms with Gasteiger partial charge in [0.05, 0.1) is 0 Å². The molecule has 0 atom stereocenters. The van der Waals surface area contributed by atoms with Gasteiger partial charge in [-0.2, -0.15) is 0 Å². The van der Waals surface area contributed by atoms with Crippen LogP contribution in [0, 0.1) is 0 Å². The molecule has 3 aromatic rings. The molecule has 5 heteroatoms. The topological polar surface area (TPSA) is 27.7 Å². The van der Waals surface area contributed by atoms with Crippen molar-refractivity contribution in [1.82, 2.24) is 0 Å². The van der Waals surface area contributed by atoms with Crippen molar-refractivity contribution in [3.8, 4) is 0 Å². The molecule has 0 fully saturated rings. The van der Waals surface area contributed by atoms with Crippen LogP contribution in [0.15, 0.2) is 91.0 Å². The van der Waals surface area contributed by atoms with Gasteiger partial charge in [-0.05, 0) is 0 Å². The molecule has 0 bridgehead atoms. The van der Waals surface area contributed by atoms with Crippen LogP contribution < -0.4 is 0 Å². The molecule has 0 saturated heterocycles. The van der Waals surface area contributed by atoms with E-state index in [1.807, 2.05) is 18.2 Å². The van der Waals surface area contributed by atoms with Gasteiger partial charge in [0.25, 0.3) is 0 Å². The molecule has 0 spiro atoms. The molecule has 0 unspecified atom stereocenters. The molecule has 0 N–H and O–H groups in total. The van der Waals surface area contributed by atoms with Crippen LogP contribution in [0.4, 0.5) is 0 Å². The SMILES string of the molecule is CC(C)(C[O][Hf]([I])([O]CC(C)(C)c1ccccc1)[O]CC(C)(C)c1ccccc1)c1ccccc1. The minimum absolute atomic E-state index is 0.145. The van der Waals surface area contributed by atoms with Crippen molar-refractivity contribution in [1.29, 1.82) is 0 Å². The fourth-order valence-electron chi connectivity index (χ4n) is 3.84. The van der Waals surface area contributed by atoms with Crippen molar-refractivity contribution in [2.75, 3.05) is 19.8 Å². The zero-order valence-electron chi connectivity index (χ0n) is 21.9. The Morgan fingerprint density at radius 3 is 0.943 bits per heavy atom. The van der Waals surface area contributed by atoms with Crippen molar-refractivity contribution < 1.29 is 25.7 Å². The molecule has 35 heavy (non-hydrogen) atoms. The van der Waals surface area contributed by atoms with Crippen LogP contribution in [0.3, 0.4) is 0 Å². The number of halogens is 1. The standard InChI is InChI=1S/3C10H13O.Hf.HI/c3*1-10(2,8-11)9-6-4-3-5-7-9;;/h3*3-7H,8H2,1-2H3;;1H/q3*-1;+4;/p-1. The Bertz CT molecular complexity index is 902. The molecule has 0 aliphatic carbocycles. The maximum atomic E-state index is 6.68. The van der Waals surface area contributed by atoms with Crippen molar-refractivity contribution in [2.45, 2.75) is 57.8 Å². The van der Waals surface area contributed by atoms with E-state index in [0.29, 0.717) is 19.8 Å². The summed E-state index contributed by atoms with van der Waals surface area (Å²) < 4.78 is 20.0. The zero-order valence-corrected chi connectivity index (χ0v) is 27.6. The summed E-state index contributed by atoms with van der Waals surface area (Å²) in [5.74, 6) is 0. The van der Waals surface area contributed by atoms with E-state index in [1.165, 1.54) is 16.7 Å². The van der Waals surface area contributed by atoms with E-state index in [0.717, 1.165) is 0 Å². The van der Waals surface area contributed by atoms with Gasteiger partial charge in [0, 0.05) is 0 Å². The molecule has 0 saturated carbocycles. The molecule has 0 aromatic heterocycles. The zero-order chi connectivity index (χ0) is 25.6. The first-order chi connectivity index (χ1) is 16.4. The molecule has 0 heterocycles. The van der Waals surface area contributed by atoms with Gasteiger partial charge in [-0.3, -0.25) is 0 Å². The summed E-state index contributed by atoms with van der Waals surface area (Å²) in [4.78, 5) is 0. The molecular formula is C30H39HfIO3. The van der Waals surface area contributed by atoms with Crippen LogP contribution in [0.2, 0.25) is 0 Å². The fourth-order valence-corrected chi connectivity index (χ4v) is 14.3. The third kappa shape index (κ3) is 8.32. The van der Waals surface area contributed by atoms with Crippen LogP contribution in [-0.4, -0.2) is 19.8 Å². The minimum atomic E-state index is -4.08. The van der Waals surface area contributed by atoms with E-state index in [-0.39, 0.29) is 16.2 Å². The molecule has 0 radical (unpaired) electrons. The third-order valence-corrected chi connectivity index (χ3v) is 19.4. The molecule has 3 rings (SSSR count). The van der Waals surface area contributed by atoms with Crippen LogP contribution >= 0.6 is 18.1 Å². The number of benzene rings is 3. The Labute approximate surface area is 227 Å². The fraction of sp³-hybridized carbons (Fsp3) is 0.400. The van der Waals surface area contributed by atoms with Gasteiger partial charge < -0.3 is 0 Å². The van der Waals surface area contributed by atoms with Crippen molar-refractivity contribution in [3.63, 3.8) is 0 Å². The summed E-state index contributed by atoms with van der Waals surface area (Å²) >= 11 is -1.67.